The van der Waals surface area contributed by atoms with Gasteiger partial charge in [0.1, 0.15) is 11.4 Å². The van der Waals surface area contributed by atoms with Gasteiger partial charge in [0.15, 0.2) is 5.75 Å². The largest absolute Gasteiger partial charge is 0.425 e. The summed E-state index contributed by atoms with van der Waals surface area (Å²) in [6.45, 7) is 1.20. The van der Waals surface area contributed by atoms with E-state index in [9.17, 15) is 23.6 Å². The lowest BCUT2D eigenvalue weighted by atomic mass is 10.1. The highest BCUT2D eigenvalue weighted by Gasteiger charge is 2.38. The van der Waals surface area contributed by atoms with Gasteiger partial charge in [0.25, 0.3) is 11.8 Å². The van der Waals surface area contributed by atoms with E-state index in [1.807, 2.05) is 5.32 Å². The number of anilines is 1. The number of barbiturate groups is 1. The number of amides is 4. The molecule has 1 aliphatic heterocycles. The zero-order valence-corrected chi connectivity index (χ0v) is 17.8. The first-order valence-corrected chi connectivity index (χ1v) is 9.61. The topological polar surface area (TPSA) is 92.8 Å². The molecule has 29 heavy (non-hydrogen) atoms. The summed E-state index contributed by atoms with van der Waals surface area (Å²) in [4.78, 5) is 49.3. The molecule has 0 unspecified atom stereocenters. The van der Waals surface area contributed by atoms with E-state index in [1.54, 1.807) is 6.07 Å². The van der Waals surface area contributed by atoms with Crippen LogP contribution in [0.3, 0.4) is 0 Å². The van der Waals surface area contributed by atoms with Crippen molar-refractivity contribution in [1.82, 2.24) is 5.32 Å². The monoisotopic (exact) mass is 524 g/mol. The molecule has 3 rings (SSSR count). The molecule has 10 heteroatoms. The Morgan fingerprint density at radius 3 is 2.52 bits per heavy atom. The number of hydrogen-bond donors (Lipinski definition) is 1. The Kier molecular flexibility index (Phi) is 5.94. The molecule has 1 N–H and O–H groups in total. The lowest BCUT2D eigenvalue weighted by Gasteiger charge is -2.26. The first-order chi connectivity index (χ1) is 13.7. The molecule has 1 saturated heterocycles. The fourth-order valence-electron chi connectivity index (χ4n) is 2.60. The molecule has 2 aromatic rings. The molecule has 7 nitrogen and oxygen atoms in total. The maximum Gasteiger partial charge on any atom is 0.336 e. The molecule has 1 fully saturated rings. The number of halogens is 3. The van der Waals surface area contributed by atoms with E-state index in [2.05, 4.69) is 31.9 Å². The first-order valence-electron chi connectivity index (χ1n) is 8.02. The Morgan fingerprint density at radius 1 is 1.17 bits per heavy atom. The Balaban J connectivity index is 2.13. The van der Waals surface area contributed by atoms with Crippen LogP contribution in [-0.4, -0.2) is 23.8 Å². The van der Waals surface area contributed by atoms with Crippen LogP contribution in [0.2, 0.25) is 0 Å². The summed E-state index contributed by atoms with van der Waals surface area (Å²) in [5, 5.41) is 2.01. The Hall–Kier alpha value is -2.85. The summed E-state index contributed by atoms with van der Waals surface area (Å²) in [6.07, 6.45) is 1.16. The molecule has 0 aliphatic carbocycles. The highest BCUT2D eigenvalue weighted by molar-refractivity contribution is 9.11. The van der Waals surface area contributed by atoms with Gasteiger partial charge in [-0.2, -0.15) is 0 Å². The van der Waals surface area contributed by atoms with Gasteiger partial charge < -0.3 is 4.74 Å². The average molecular weight is 526 g/mol. The van der Waals surface area contributed by atoms with E-state index >= 15 is 0 Å². The summed E-state index contributed by atoms with van der Waals surface area (Å²) in [5.41, 5.74) is -0.530. The maximum atomic E-state index is 14.1. The van der Waals surface area contributed by atoms with Crippen molar-refractivity contribution in [2.75, 3.05) is 4.90 Å². The summed E-state index contributed by atoms with van der Waals surface area (Å²) < 4.78 is 20.3. The van der Waals surface area contributed by atoms with Gasteiger partial charge in [-0.15, -0.1) is 0 Å². The maximum absolute atomic E-state index is 14.1. The number of ether oxygens (including phenoxy) is 1. The number of para-hydroxylation sites is 1. The number of carbonyl (C=O) groups is 4. The van der Waals surface area contributed by atoms with Crippen LogP contribution in [0.15, 0.2) is 50.9 Å². The first kappa shape index (κ1) is 20.9. The second-order valence-corrected chi connectivity index (χ2v) is 7.58. The van der Waals surface area contributed by atoms with Gasteiger partial charge in [-0.25, -0.2) is 14.1 Å². The second kappa shape index (κ2) is 8.26. The van der Waals surface area contributed by atoms with Crippen LogP contribution in [0.5, 0.6) is 5.75 Å². The number of imide groups is 2. The second-order valence-electron chi connectivity index (χ2n) is 5.81. The molecule has 148 valence electrons. The van der Waals surface area contributed by atoms with Crippen molar-refractivity contribution in [3.05, 3.63) is 62.3 Å². The van der Waals surface area contributed by atoms with Crippen LogP contribution >= 0.6 is 31.9 Å². The van der Waals surface area contributed by atoms with E-state index in [-0.39, 0.29) is 17.0 Å². The van der Waals surface area contributed by atoms with Gasteiger partial charge in [0, 0.05) is 17.0 Å². The SMILES string of the molecule is CC(=O)Oc1c(Br)cc(Br)cc1/C=C1/C(=O)NC(=O)N(c2ccccc2F)C1=O. The molecule has 0 spiro atoms. The van der Waals surface area contributed by atoms with Gasteiger partial charge in [0.2, 0.25) is 0 Å². The minimum Gasteiger partial charge on any atom is -0.425 e. The molecule has 0 radical (unpaired) electrons. The van der Waals surface area contributed by atoms with E-state index in [1.165, 1.54) is 31.2 Å². The number of benzene rings is 2. The number of nitrogens with zero attached hydrogens (tertiary/aromatic N) is 1. The Labute approximate surface area is 180 Å². The minimum absolute atomic E-state index is 0.0724. The summed E-state index contributed by atoms with van der Waals surface area (Å²) >= 11 is 6.53. The molecular weight excluding hydrogens is 515 g/mol. The van der Waals surface area contributed by atoms with E-state index in [4.69, 9.17) is 4.74 Å². The van der Waals surface area contributed by atoms with Crippen molar-refractivity contribution >= 4 is 67.4 Å². The molecule has 0 aromatic heterocycles. The van der Waals surface area contributed by atoms with Crippen molar-refractivity contribution in [3.63, 3.8) is 0 Å². The minimum atomic E-state index is -1.07. The summed E-state index contributed by atoms with van der Waals surface area (Å²) in [6, 6.07) is 7.22. The number of carbonyl (C=O) groups excluding carboxylic acids is 4. The summed E-state index contributed by atoms with van der Waals surface area (Å²) in [5.74, 6) is -3.33. The molecule has 1 aliphatic rings. The lowest BCUT2D eigenvalue weighted by Crippen LogP contribution is -2.54. The van der Waals surface area contributed by atoms with Gasteiger partial charge in [-0.3, -0.25) is 19.7 Å². The molecule has 4 amide bonds. The predicted octanol–water partition coefficient (Wildman–Crippen LogP) is 3.94. The van der Waals surface area contributed by atoms with E-state index in [0.29, 0.717) is 13.8 Å². The lowest BCUT2D eigenvalue weighted by molar-refractivity contribution is -0.132. The molecular formula is C19H11Br2FN2O5. The Morgan fingerprint density at radius 2 is 1.86 bits per heavy atom. The average Bonchev–Trinajstić information content (AvgIpc) is 2.62. The number of nitrogens with one attached hydrogen (secondary N) is 1. The molecule has 0 atom stereocenters. The third-order valence-corrected chi connectivity index (χ3v) is 4.82. The normalized spacial score (nSPS) is 15.5. The van der Waals surface area contributed by atoms with Crippen LogP contribution in [0.25, 0.3) is 6.08 Å². The van der Waals surface area contributed by atoms with Crippen molar-refractivity contribution in [3.8, 4) is 5.75 Å². The van der Waals surface area contributed by atoms with Crippen molar-refractivity contribution < 1.29 is 28.3 Å². The number of esters is 1. The predicted molar refractivity (Wildman–Crippen MR) is 109 cm³/mol. The number of rotatable bonds is 3. The fraction of sp³-hybridized carbons (Fsp3) is 0.0526. The zero-order chi connectivity index (χ0) is 21.3. The van der Waals surface area contributed by atoms with E-state index in [0.717, 1.165) is 12.1 Å². The highest BCUT2D eigenvalue weighted by atomic mass is 79.9. The van der Waals surface area contributed by atoms with Gasteiger partial charge in [-0.1, -0.05) is 28.1 Å². The molecule has 2 aromatic carbocycles. The van der Waals surface area contributed by atoms with Gasteiger partial charge >= 0.3 is 12.0 Å². The van der Waals surface area contributed by atoms with Gasteiger partial charge in [-0.05, 0) is 46.3 Å². The van der Waals surface area contributed by atoms with Crippen LogP contribution in [-0.2, 0) is 14.4 Å². The molecule has 1 heterocycles. The van der Waals surface area contributed by atoms with Crippen molar-refractivity contribution in [2.45, 2.75) is 6.92 Å². The quantitative estimate of drug-likeness (QED) is 0.283. The van der Waals surface area contributed by atoms with Crippen LogP contribution in [0.4, 0.5) is 14.9 Å². The standard InChI is InChI=1S/C19H11Br2FN2O5/c1-9(25)29-16-10(6-11(20)8-13(16)21)7-12-17(26)23-19(28)24(18(12)27)15-5-3-2-4-14(15)22/h2-8H,1H3,(H,23,26,28)/b12-7-. The Bertz CT molecular complexity index is 1100. The van der Waals surface area contributed by atoms with Gasteiger partial charge in [0.05, 0.1) is 10.2 Å². The third kappa shape index (κ3) is 4.28. The zero-order valence-electron chi connectivity index (χ0n) is 14.7. The smallest absolute Gasteiger partial charge is 0.336 e. The highest BCUT2D eigenvalue weighted by Crippen LogP contribution is 2.35. The fourth-order valence-corrected chi connectivity index (χ4v) is 3.94. The number of urea groups is 1. The molecule has 0 bridgehead atoms. The van der Waals surface area contributed by atoms with E-state index < -0.39 is 35.2 Å². The van der Waals surface area contributed by atoms with Crippen LogP contribution in [0, 0.1) is 5.82 Å². The molecule has 0 saturated carbocycles. The van der Waals surface area contributed by atoms with Crippen LogP contribution < -0.4 is 15.0 Å². The van der Waals surface area contributed by atoms with Crippen molar-refractivity contribution in [1.29, 1.82) is 0 Å². The van der Waals surface area contributed by atoms with Crippen molar-refractivity contribution in [2.24, 2.45) is 0 Å². The summed E-state index contributed by atoms with van der Waals surface area (Å²) in [7, 11) is 0. The number of hydrogen-bond acceptors (Lipinski definition) is 5. The third-order valence-electron chi connectivity index (χ3n) is 3.78. The van der Waals surface area contributed by atoms with Crippen LogP contribution in [0.1, 0.15) is 12.5 Å².